The summed E-state index contributed by atoms with van der Waals surface area (Å²) in [5.74, 6) is -7.08. The SMILES string of the molecule is CC[C@H](C)[C@H](NC(=O)[C@H](CCCCNC(C)=O)NC(=O)[C@H](CO)NC(=O)[C@@H](NC(=O)[C@@H]1CCCN1C(=O)[C@H](Cc1c[nH]c2ccccc12)NC(=O)[C@@H](N)CCCN=C(N)N)[C@@H](C)O)C(=O)O. The molecule has 366 valence electrons. The Kier molecular flexibility index (Phi) is 21.8. The van der Waals surface area contributed by atoms with Gasteiger partial charge in [-0.2, -0.15) is 0 Å². The molecule has 1 fully saturated rings. The topological polar surface area (TPSA) is 379 Å². The van der Waals surface area contributed by atoms with Crippen molar-refractivity contribution in [3.63, 3.8) is 0 Å². The van der Waals surface area contributed by atoms with Crippen molar-refractivity contribution in [3.8, 4) is 0 Å². The van der Waals surface area contributed by atoms with Crippen LogP contribution in [-0.2, 0) is 44.8 Å². The van der Waals surface area contributed by atoms with Crippen LogP contribution in [0, 0.1) is 5.92 Å². The number of nitrogens with one attached hydrogen (secondary N) is 7. The van der Waals surface area contributed by atoms with Crippen molar-refractivity contribution >= 4 is 64.2 Å². The van der Waals surface area contributed by atoms with Gasteiger partial charge in [-0.15, -0.1) is 0 Å². The molecule has 23 heteroatoms. The smallest absolute Gasteiger partial charge is 0.326 e. The van der Waals surface area contributed by atoms with Crippen molar-refractivity contribution in [2.45, 2.75) is 134 Å². The van der Waals surface area contributed by atoms with Gasteiger partial charge in [-0.05, 0) is 69.4 Å². The largest absolute Gasteiger partial charge is 0.480 e. The highest BCUT2D eigenvalue weighted by molar-refractivity contribution is 5.98. The van der Waals surface area contributed by atoms with Crippen molar-refractivity contribution in [3.05, 3.63) is 36.0 Å². The van der Waals surface area contributed by atoms with E-state index in [1.54, 1.807) is 20.0 Å². The van der Waals surface area contributed by atoms with E-state index in [1.165, 1.54) is 18.7 Å². The lowest BCUT2D eigenvalue weighted by molar-refractivity contribution is -0.144. The maximum absolute atomic E-state index is 14.4. The third kappa shape index (κ3) is 16.3. The molecule has 0 aliphatic carbocycles. The fourth-order valence-electron chi connectivity index (χ4n) is 7.48. The molecular formula is C43H68N12O11. The van der Waals surface area contributed by atoms with E-state index in [0.29, 0.717) is 37.7 Å². The van der Waals surface area contributed by atoms with Gasteiger partial charge in [0.2, 0.25) is 41.4 Å². The zero-order chi connectivity index (χ0) is 49.1. The second-order valence-corrected chi connectivity index (χ2v) is 16.6. The summed E-state index contributed by atoms with van der Waals surface area (Å²) in [5.41, 5.74) is 18.5. The summed E-state index contributed by atoms with van der Waals surface area (Å²) in [6.45, 7) is 5.59. The van der Waals surface area contributed by atoms with Crippen LogP contribution in [0.5, 0.6) is 0 Å². The number of hydrogen-bond acceptors (Lipinski definition) is 12. The van der Waals surface area contributed by atoms with Gasteiger partial charge in [0.1, 0.15) is 36.3 Å². The summed E-state index contributed by atoms with van der Waals surface area (Å²) in [7, 11) is 0. The molecule has 0 bridgehead atoms. The number of carboxylic acid groups (broad SMARTS) is 1. The number of carboxylic acids is 1. The summed E-state index contributed by atoms with van der Waals surface area (Å²) in [4.78, 5) is 114. The number of guanidine groups is 1. The molecule has 2 aromatic rings. The molecule has 1 saturated heterocycles. The summed E-state index contributed by atoms with van der Waals surface area (Å²) in [5, 5.41) is 46.6. The van der Waals surface area contributed by atoms with E-state index in [4.69, 9.17) is 17.2 Å². The van der Waals surface area contributed by atoms with Crippen LogP contribution in [0.4, 0.5) is 0 Å². The number of carbonyl (C=O) groups is 8. The lowest BCUT2D eigenvalue weighted by Gasteiger charge is -2.31. The highest BCUT2D eigenvalue weighted by atomic mass is 16.4. The first-order chi connectivity index (χ1) is 31.3. The molecule has 1 aliphatic heterocycles. The van der Waals surface area contributed by atoms with Crippen LogP contribution in [-0.4, -0.2) is 153 Å². The molecule has 0 saturated carbocycles. The first-order valence-corrected chi connectivity index (χ1v) is 22.2. The number of aliphatic carboxylic acids is 1. The van der Waals surface area contributed by atoms with Crippen LogP contribution in [0.3, 0.4) is 0 Å². The van der Waals surface area contributed by atoms with Gasteiger partial charge in [0.05, 0.1) is 18.8 Å². The number of likely N-dealkylation sites (tertiary alicyclic amines) is 1. The molecule has 7 amide bonds. The molecule has 23 nitrogen and oxygen atoms in total. The van der Waals surface area contributed by atoms with Crippen LogP contribution in [0.25, 0.3) is 10.9 Å². The number of hydrogen-bond donors (Lipinski definition) is 13. The van der Waals surface area contributed by atoms with E-state index in [9.17, 15) is 53.7 Å². The Bertz CT molecular complexity index is 2020. The summed E-state index contributed by atoms with van der Waals surface area (Å²) in [6, 6.07) is -1.96. The minimum Gasteiger partial charge on any atom is -0.480 e. The molecule has 3 rings (SSSR count). The fraction of sp³-hybridized carbons (Fsp3) is 0.605. The highest BCUT2D eigenvalue weighted by Gasteiger charge is 2.41. The third-order valence-electron chi connectivity index (χ3n) is 11.4. The number of unbranched alkanes of at least 4 members (excludes halogenated alkanes) is 1. The van der Waals surface area contributed by atoms with Crippen LogP contribution < -0.4 is 49.1 Å². The number of fused-ring (bicyclic) bond motifs is 1. The Balaban J connectivity index is 1.77. The zero-order valence-corrected chi connectivity index (χ0v) is 38.0. The lowest BCUT2D eigenvalue weighted by Crippen LogP contribution is -2.62. The fourth-order valence-corrected chi connectivity index (χ4v) is 7.48. The van der Waals surface area contributed by atoms with Gasteiger partial charge in [0.25, 0.3) is 0 Å². The third-order valence-corrected chi connectivity index (χ3v) is 11.4. The number of rotatable bonds is 27. The number of aromatic amines is 1. The van der Waals surface area contributed by atoms with Crippen LogP contribution in [0.2, 0.25) is 0 Å². The zero-order valence-electron chi connectivity index (χ0n) is 38.0. The number of carbonyl (C=O) groups excluding carboxylic acids is 7. The average Bonchev–Trinajstić information content (AvgIpc) is 3.94. The predicted molar refractivity (Wildman–Crippen MR) is 243 cm³/mol. The van der Waals surface area contributed by atoms with Crippen molar-refractivity contribution < 1.29 is 53.7 Å². The van der Waals surface area contributed by atoms with E-state index in [2.05, 4.69) is 41.9 Å². The van der Waals surface area contributed by atoms with E-state index in [1.807, 2.05) is 24.3 Å². The number of para-hydroxylation sites is 1. The van der Waals surface area contributed by atoms with Gasteiger partial charge in [-0.25, -0.2) is 4.79 Å². The number of nitrogens with two attached hydrogens (primary N) is 3. The molecule has 9 atom stereocenters. The number of aliphatic hydroxyl groups is 2. The van der Waals surface area contributed by atoms with E-state index in [0.717, 1.165) is 10.9 Å². The van der Waals surface area contributed by atoms with E-state index >= 15 is 0 Å². The summed E-state index contributed by atoms with van der Waals surface area (Å²) < 4.78 is 0. The van der Waals surface area contributed by atoms with Crippen LogP contribution in [0.1, 0.15) is 84.6 Å². The molecule has 2 heterocycles. The van der Waals surface area contributed by atoms with E-state index < -0.39 is 102 Å². The average molecular weight is 929 g/mol. The number of H-pyrrole nitrogens is 1. The molecule has 1 aliphatic rings. The minimum atomic E-state index is -1.70. The minimum absolute atomic E-state index is 0.00111. The van der Waals surface area contributed by atoms with Gasteiger partial charge in [0, 0.05) is 50.1 Å². The number of nitrogens with zero attached hydrogens (tertiary/aromatic N) is 2. The molecule has 0 spiro atoms. The van der Waals surface area contributed by atoms with Crippen molar-refractivity contribution in [2.24, 2.45) is 28.1 Å². The number of aliphatic imine (C=N–C) groups is 1. The second kappa shape index (κ2) is 26.6. The molecule has 16 N–H and O–H groups in total. The number of benzene rings is 1. The Morgan fingerprint density at radius 1 is 0.864 bits per heavy atom. The van der Waals surface area contributed by atoms with Crippen molar-refractivity contribution in [1.29, 1.82) is 0 Å². The maximum atomic E-state index is 14.4. The van der Waals surface area contributed by atoms with Crippen molar-refractivity contribution in [1.82, 2.24) is 41.8 Å². The van der Waals surface area contributed by atoms with Gasteiger partial charge in [-0.1, -0.05) is 38.5 Å². The van der Waals surface area contributed by atoms with Crippen LogP contribution in [0.15, 0.2) is 35.5 Å². The van der Waals surface area contributed by atoms with Gasteiger partial charge < -0.3 is 74.3 Å². The highest BCUT2D eigenvalue weighted by Crippen LogP contribution is 2.23. The lowest BCUT2D eigenvalue weighted by atomic mass is 9.98. The predicted octanol–water partition coefficient (Wildman–Crippen LogP) is -2.68. The molecular weight excluding hydrogens is 861 g/mol. The first-order valence-electron chi connectivity index (χ1n) is 22.2. The number of amides is 7. The number of aliphatic hydroxyl groups excluding tert-OH is 2. The standard InChI is InChI=1S/C43H68N12O11/c1-5-23(2)34(42(65)66)53-37(60)30(15-8-9-17-47-25(4)58)50-38(61)32(22-56)52-40(63)35(24(3)57)54-39(62)33-16-11-19-55(33)41(64)31(20-26-21-49-29-14-7-6-12-27(26)29)51-36(59)28(44)13-10-18-48-43(45)46/h6-7,12,14,21,23-24,28,30-35,49,56-57H,5,8-11,13,15-20,22,44H2,1-4H3,(H,47,58)(H,50,61)(H,51,59)(H,52,63)(H,53,60)(H,54,62)(H,65,66)(H4,45,46,48)/t23-,24+,28-,30-,31-,32-,33-,34-,35-/m0/s1. The summed E-state index contributed by atoms with van der Waals surface area (Å²) >= 11 is 0. The maximum Gasteiger partial charge on any atom is 0.326 e. The van der Waals surface area contributed by atoms with Gasteiger partial charge >= 0.3 is 5.97 Å². The normalized spacial score (nSPS) is 17.1. The quantitative estimate of drug-likeness (QED) is 0.0247. The Hall–Kier alpha value is -6.33. The monoisotopic (exact) mass is 929 g/mol. The molecule has 0 unspecified atom stereocenters. The van der Waals surface area contributed by atoms with Gasteiger partial charge in [0.15, 0.2) is 5.96 Å². The molecule has 0 radical (unpaired) electrons. The van der Waals surface area contributed by atoms with Crippen molar-refractivity contribution in [2.75, 3.05) is 26.2 Å². The first kappa shape index (κ1) is 54.0. The Morgan fingerprint density at radius 2 is 1.53 bits per heavy atom. The molecule has 1 aromatic heterocycles. The molecule has 1 aromatic carbocycles. The Labute approximate surface area is 383 Å². The Morgan fingerprint density at radius 3 is 2.17 bits per heavy atom. The van der Waals surface area contributed by atoms with E-state index in [-0.39, 0.29) is 57.2 Å². The number of aromatic nitrogens is 1. The van der Waals surface area contributed by atoms with Crippen LogP contribution >= 0.6 is 0 Å². The van der Waals surface area contributed by atoms with Gasteiger partial charge in [-0.3, -0.25) is 38.6 Å². The second-order valence-electron chi connectivity index (χ2n) is 16.6. The summed E-state index contributed by atoms with van der Waals surface area (Å²) in [6.07, 6.45) is 2.46. The molecule has 66 heavy (non-hydrogen) atoms.